The molecule has 0 saturated heterocycles. The van der Waals surface area contributed by atoms with Crippen LogP contribution in [-0.2, 0) is 6.42 Å². The number of hydrogen-bond acceptors (Lipinski definition) is 3. The highest BCUT2D eigenvalue weighted by Gasteiger charge is 2.31. The summed E-state index contributed by atoms with van der Waals surface area (Å²) >= 11 is 6.15. The lowest BCUT2D eigenvalue weighted by atomic mass is 9.92. The molecule has 3 nitrogen and oxygen atoms in total. The van der Waals surface area contributed by atoms with Crippen molar-refractivity contribution in [1.29, 1.82) is 0 Å². The Morgan fingerprint density at radius 3 is 2.17 bits per heavy atom. The van der Waals surface area contributed by atoms with E-state index >= 15 is 0 Å². The standard InChI is InChI=1S/C20H18ClNO2/c1-2-3-6-13-9-11-14(12-10-13)22-18-17(21)19(23)15-7-4-5-8-16(15)20(18)24/h4-5,7-12,22H,2-3,6H2,1H3. The molecular formula is C20H18ClNO2. The van der Waals surface area contributed by atoms with E-state index in [1.807, 2.05) is 24.3 Å². The van der Waals surface area contributed by atoms with Crippen molar-refractivity contribution in [2.75, 3.05) is 5.32 Å². The van der Waals surface area contributed by atoms with Crippen LogP contribution in [0.5, 0.6) is 0 Å². The predicted molar refractivity (Wildman–Crippen MR) is 96.7 cm³/mol. The van der Waals surface area contributed by atoms with Gasteiger partial charge >= 0.3 is 0 Å². The smallest absolute Gasteiger partial charge is 0.211 e. The highest BCUT2D eigenvalue weighted by molar-refractivity contribution is 6.50. The van der Waals surface area contributed by atoms with Crippen molar-refractivity contribution in [2.24, 2.45) is 0 Å². The number of carbonyl (C=O) groups excluding carboxylic acids is 2. The van der Waals surface area contributed by atoms with Crippen LogP contribution in [0.3, 0.4) is 0 Å². The van der Waals surface area contributed by atoms with Gasteiger partial charge in [-0.15, -0.1) is 0 Å². The zero-order valence-corrected chi connectivity index (χ0v) is 14.2. The van der Waals surface area contributed by atoms with Gasteiger partial charge in [0.25, 0.3) is 0 Å². The number of halogens is 1. The van der Waals surface area contributed by atoms with Crippen LogP contribution in [0.25, 0.3) is 0 Å². The number of nitrogens with one attached hydrogen (secondary N) is 1. The van der Waals surface area contributed by atoms with Gasteiger partial charge in [-0.25, -0.2) is 0 Å². The van der Waals surface area contributed by atoms with Crippen molar-refractivity contribution in [3.63, 3.8) is 0 Å². The number of anilines is 1. The molecule has 1 aliphatic rings. The number of fused-ring (bicyclic) bond motifs is 1. The van der Waals surface area contributed by atoms with E-state index in [-0.39, 0.29) is 22.3 Å². The molecule has 0 aliphatic heterocycles. The molecule has 0 amide bonds. The number of aryl methyl sites for hydroxylation is 1. The van der Waals surface area contributed by atoms with Crippen LogP contribution >= 0.6 is 11.6 Å². The average Bonchev–Trinajstić information content (AvgIpc) is 2.62. The minimum atomic E-state index is -0.325. The summed E-state index contributed by atoms with van der Waals surface area (Å²) in [5.74, 6) is -0.584. The Balaban J connectivity index is 1.86. The molecule has 0 atom stereocenters. The first-order valence-corrected chi connectivity index (χ1v) is 8.43. The first kappa shape index (κ1) is 16.5. The Morgan fingerprint density at radius 2 is 1.54 bits per heavy atom. The van der Waals surface area contributed by atoms with Crippen LogP contribution in [-0.4, -0.2) is 11.6 Å². The first-order valence-electron chi connectivity index (χ1n) is 8.06. The average molecular weight is 340 g/mol. The number of ketones is 2. The molecule has 0 bridgehead atoms. The zero-order valence-electron chi connectivity index (χ0n) is 13.4. The van der Waals surface area contributed by atoms with E-state index in [0.29, 0.717) is 11.1 Å². The van der Waals surface area contributed by atoms with E-state index in [0.717, 1.165) is 24.9 Å². The molecule has 2 aromatic carbocycles. The maximum absolute atomic E-state index is 12.6. The number of unbranched alkanes of at least 4 members (excludes halogenated alkanes) is 1. The van der Waals surface area contributed by atoms with Gasteiger partial charge in [-0.2, -0.15) is 0 Å². The SMILES string of the molecule is CCCCc1ccc(NC2=C(Cl)C(=O)c3ccccc3C2=O)cc1. The summed E-state index contributed by atoms with van der Waals surface area (Å²) in [6.07, 6.45) is 3.33. The second-order valence-electron chi connectivity index (χ2n) is 5.82. The number of rotatable bonds is 5. The number of Topliss-reactive ketones (excluding diaryl/α,β-unsaturated/α-hetero) is 2. The molecule has 0 fully saturated rings. The number of benzene rings is 2. The largest absolute Gasteiger partial charge is 0.351 e. The van der Waals surface area contributed by atoms with E-state index in [4.69, 9.17) is 11.6 Å². The van der Waals surface area contributed by atoms with Crippen LogP contribution in [0, 0.1) is 0 Å². The van der Waals surface area contributed by atoms with Gasteiger partial charge in [0, 0.05) is 16.8 Å². The Kier molecular flexibility index (Phi) is 4.81. The van der Waals surface area contributed by atoms with Crippen LogP contribution in [0.4, 0.5) is 5.69 Å². The quantitative estimate of drug-likeness (QED) is 0.836. The van der Waals surface area contributed by atoms with Gasteiger partial charge in [-0.05, 0) is 30.5 Å². The third-order valence-electron chi connectivity index (χ3n) is 4.10. The molecule has 0 spiro atoms. The van der Waals surface area contributed by atoms with Crippen molar-refractivity contribution >= 4 is 28.9 Å². The van der Waals surface area contributed by atoms with Crippen molar-refractivity contribution < 1.29 is 9.59 Å². The van der Waals surface area contributed by atoms with Gasteiger partial charge < -0.3 is 5.32 Å². The van der Waals surface area contributed by atoms with E-state index in [2.05, 4.69) is 12.2 Å². The number of allylic oxidation sites excluding steroid dienone is 2. The Bertz CT molecular complexity index is 822. The van der Waals surface area contributed by atoms with Crippen molar-refractivity contribution in [1.82, 2.24) is 0 Å². The molecule has 24 heavy (non-hydrogen) atoms. The fourth-order valence-corrected chi connectivity index (χ4v) is 2.97. The highest BCUT2D eigenvalue weighted by Crippen LogP contribution is 2.29. The summed E-state index contributed by atoms with van der Waals surface area (Å²) in [6.45, 7) is 2.16. The minimum Gasteiger partial charge on any atom is -0.351 e. The normalized spacial score (nSPS) is 13.9. The Morgan fingerprint density at radius 1 is 0.917 bits per heavy atom. The molecule has 2 aromatic rings. The molecule has 0 unspecified atom stereocenters. The predicted octanol–water partition coefficient (Wildman–Crippen LogP) is 4.97. The molecule has 0 radical (unpaired) electrons. The number of carbonyl (C=O) groups is 2. The van der Waals surface area contributed by atoms with Crippen LogP contribution in [0.2, 0.25) is 0 Å². The molecule has 4 heteroatoms. The van der Waals surface area contributed by atoms with E-state index < -0.39 is 0 Å². The second-order valence-corrected chi connectivity index (χ2v) is 6.20. The van der Waals surface area contributed by atoms with Gasteiger partial charge in [0.1, 0.15) is 10.7 Å². The van der Waals surface area contributed by atoms with Crippen molar-refractivity contribution in [2.45, 2.75) is 26.2 Å². The lowest BCUT2D eigenvalue weighted by Crippen LogP contribution is -2.24. The molecule has 0 aromatic heterocycles. The maximum atomic E-state index is 12.6. The van der Waals surface area contributed by atoms with Crippen molar-refractivity contribution in [3.8, 4) is 0 Å². The highest BCUT2D eigenvalue weighted by atomic mass is 35.5. The molecule has 122 valence electrons. The van der Waals surface area contributed by atoms with E-state index in [1.54, 1.807) is 24.3 Å². The molecule has 0 saturated carbocycles. The lowest BCUT2D eigenvalue weighted by Gasteiger charge is -2.19. The third kappa shape index (κ3) is 3.13. The summed E-state index contributed by atoms with van der Waals surface area (Å²) in [5.41, 5.74) is 2.87. The van der Waals surface area contributed by atoms with Gasteiger partial charge in [-0.3, -0.25) is 9.59 Å². The van der Waals surface area contributed by atoms with Gasteiger partial charge in [0.2, 0.25) is 11.6 Å². The Hall–Kier alpha value is -2.39. The molecule has 0 heterocycles. The summed E-state index contributed by atoms with van der Waals surface area (Å²) in [4.78, 5) is 25.0. The Labute approximate surface area is 146 Å². The maximum Gasteiger partial charge on any atom is 0.211 e. The first-order chi connectivity index (χ1) is 11.6. The van der Waals surface area contributed by atoms with Crippen LogP contribution in [0.15, 0.2) is 59.3 Å². The topological polar surface area (TPSA) is 46.2 Å². The van der Waals surface area contributed by atoms with Crippen LogP contribution < -0.4 is 5.32 Å². The molecule has 1 aliphatic carbocycles. The monoisotopic (exact) mass is 339 g/mol. The number of hydrogen-bond donors (Lipinski definition) is 1. The van der Waals surface area contributed by atoms with E-state index in [9.17, 15) is 9.59 Å². The summed E-state index contributed by atoms with van der Waals surface area (Å²) in [7, 11) is 0. The zero-order chi connectivity index (χ0) is 17.1. The summed E-state index contributed by atoms with van der Waals surface area (Å²) in [5, 5.41) is 2.95. The fourth-order valence-electron chi connectivity index (χ4n) is 2.74. The lowest BCUT2D eigenvalue weighted by molar-refractivity contribution is 0.0982. The summed E-state index contributed by atoms with van der Waals surface area (Å²) in [6, 6.07) is 14.6. The van der Waals surface area contributed by atoms with Gasteiger partial charge in [0.15, 0.2) is 0 Å². The van der Waals surface area contributed by atoms with Crippen molar-refractivity contribution in [3.05, 3.63) is 76.0 Å². The fraction of sp³-hybridized carbons (Fsp3) is 0.200. The summed E-state index contributed by atoms with van der Waals surface area (Å²) < 4.78 is 0. The van der Waals surface area contributed by atoms with Gasteiger partial charge in [0.05, 0.1) is 0 Å². The molecule has 1 N–H and O–H groups in total. The molecule has 3 rings (SSSR count). The minimum absolute atomic E-state index is 0.0613. The van der Waals surface area contributed by atoms with E-state index in [1.165, 1.54) is 5.56 Å². The van der Waals surface area contributed by atoms with Gasteiger partial charge in [-0.1, -0.05) is 61.3 Å². The third-order valence-corrected chi connectivity index (χ3v) is 4.47. The molecular weight excluding hydrogens is 322 g/mol. The second kappa shape index (κ2) is 7.02. The van der Waals surface area contributed by atoms with Crippen LogP contribution in [0.1, 0.15) is 46.0 Å².